The first-order chi connectivity index (χ1) is 10.8. The maximum atomic E-state index is 5.73. The Kier molecular flexibility index (Phi) is 12.6. The van der Waals surface area contributed by atoms with Gasteiger partial charge in [-0.25, -0.2) is 0 Å². The van der Waals surface area contributed by atoms with Gasteiger partial charge >= 0.3 is 0 Å². The Morgan fingerprint density at radius 3 is 2.41 bits per heavy atom. The number of hydrogen-bond acceptors (Lipinski definition) is 2. The van der Waals surface area contributed by atoms with Crippen molar-refractivity contribution in [3.05, 3.63) is 78.9 Å². The lowest BCUT2D eigenvalue weighted by atomic mass is 10.2. The highest BCUT2D eigenvalue weighted by Gasteiger charge is 1.97. The molecule has 0 aliphatic rings. The molecule has 22 heavy (non-hydrogen) atoms. The summed E-state index contributed by atoms with van der Waals surface area (Å²) in [6.45, 7) is 15.6. The topological polar surface area (TPSA) is 21.3 Å². The summed E-state index contributed by atoms with van der Waals surface area (Å²) in [5.41, 5.74) is 2.28. The molecule has 0 radical (unpaired) electrons. The molecule has 0 unspecified atom stereocenters. The van der Waals surface area contributed by atoms with E-state index in [0.29, 0.717) is 6.61 Å². The van der Waals surface area contributed by atoms with Gasteiger partial charge in [0, 0.05) is 13.1 Å². The van der Waals surface area contributed by atoms with Gasteiger partial charge in [0.25, 0.3) is 0 Å². The van der Waals surface area contributed by atoms with Crippen molar-refractivity contribution in [2.24, 2.45) is 0 Å². The molecule has 0 fully saturated rings. The van der Waals surface area contributed by atoms with E-state index in [1.54, 1.807) is 0 Å². The summed E-state index contributed by atoms with van der Waals surface area (Å²) in [7, 11) is 0. The van der Waals surface area contributed by atoms with Crippen LogP contribution in [0.15, 0.2) is 73.4 Å². The van der Waals surface area contributed by atoms with E-state index in [-0.39, 0.29) is 0 Å². The molecule has 0 spiro atoms. The van der Waals surface area contributed by atoms with Crippen molar-refractivity contribution in [2.45, 2.75) is 27.3 Å². The van der Waals surface area contributed by atoms with Crippen LogP contribution in [0.5, 0.6) is 5.75 Å². The molecule has 2 nitrogen and oxygen atoms in total. The normalized spacial score (nSPS) is 10.8. The van der Waals surface area contributed by atoms with Crippen molar-refractivity contribution < 1.29 is 4.74 Å². The summed E-state index contributed by atoms with van der Waals surface area (Å²) in [5.74, 6) is 0.866. The molecule has 0 amide bonds. The van der Waals surface area contributed by atoms with Crippen LogP contribution in [0.4, 0.5) is 0 Å². The Morgan fingerprint density at radius 1 is 1.18 bits per heavy atom. The number of nitrogens with one attached hydrogen (secondary N) is 1. The first-order valence-corrected chi connectivity index (χ1v) is 7.77. The van der Waals surface area contributed by atoms with Gasteiger partial charge in [0.2, 0.25) is 0 Å². The molecular formula is C20H29NO. The molecule has 0 saturated heterocycles. The highest BCUT2D eigenvalue weighted by Crippen LogP contribution is 2.13. The standard InChI is InChI=1S/C18H23NO.C2H6/c1-4-7-8-16(6-3)15-20-18-11-9-17(10-12-18)14-19-13-5-2;1-2/h4-12,19H,2-3,13-15H2,1H3;1-2H3/b7-4-,16-8+;. The Labute approximate surface area is 135 Å². The van der Waals surface area contributed by atoms with Gasteiger partial charge in [0.1, 0.15) is 12.4 Å². The van der Waals surface area contributed by atoms with Crippen LogP contribution in [0.3, 0.4) is 0 Å². The molecule has 1 rings (SSSR count). The minimum atomic E-state index is 0.530. The molecular weight excluding hydrogens is 270 g/mol. The van der Waals surface area contributed by atoms with Gasteiger partial charge in [0.15, 0.2) is 0 Å². The zero-order valence-electron chi connectivity index (χ0n) is 14.1. The molecule has 1 aromatic rings. The highest BCUT2D eigenvalue weighted by atomic mass is 16.5. The van der Waals surface area contributed by atoms with E-state index in [2.05, 4.69) is 30.6 Å². The van der Waals surface area contributed by atoms with Crippen molar-refractivity contribution in [3.63, 3.8) is 0 Å². The Morgan fingerprint density at radius 2 is 1.86 bits per heavy atom. The van der Waals surface area contributed by atoms with E-state index in [1.807, 2.05) is 63.3 Å². The lowest BCUT2D eigenvalue weighted by Crippen LogP contribution is -2.12. The molecule has 0 aromatic heterocycles. The minimum absolute atomic E-state index is 0.530. The van der Waals surface area contributed by atoms with Crippen LogP contribution in [0.1, 0.15) is 26.3 Å². The van der Waals surface area contributed by atoms with E-state index in [0.717, 1.165) is 24.4 Å². The fourth-order valence-electron chi connectivity index (χ4n) is 1.58. The third kappa shape index (κ3) is 8.98. The fourth-order valence-corrected chi connectivity index (χ4v) is 1.58. The molecule has 1 aromatic carbocycles. The number of allylic oxidation sites excluding steroid dienone is 3. The van der Waals surface area contributed by atoms with Crippen LogP contribution in [0.25, 0.3) is 0 Å². The SMILES string of the molecule is C=CCNCc1ccc(OC/C(C=C)=C/C=C\C)cc1.CC. The predicted octanol–water partition coefficient (Wildman–Crippen LogP) is 5.06. The summed E-state index contributed by atoms with van der Waals surface area (Å²) in [6.07, 6.45) is 9.63. The lowest BCUT2D eigenvalue weighted by molar-refractivity contribution is 0.355. The highest BCUT2D eigenvalue weighted by molar-refractivity contribution is 5.29. The van der Waals surface area contributed by atoms with E-state index < -0.39 is 0 Å². The van der Waals surface area contributed by atoms with Crippen molar-refractivity contribution in [3.8, 4) is 5.75 Å². The van der Waals surface area contributed by atoms with Crippen LogP contribution in [0.2, 0.25) is 0 Å². The maximum Gasteiger partial charge on any atom is 0.119 e. The summed E-state index contributed by atoms with van der Waals surface area (Å²) in [5, 5.41) is 3.26. The monoisotopic (exact) mass is 299 g/mol. The van der Waals surface area contributed by atoms with Crippen LogP contribution in [-0.4, -0.2) is 13.2 Å². The van der Waals surface area contributed by atoms with Gasteiger partial charge in [-0.2, -0.15) is 0 Å². The largest absolute Gasteiger partial charge is 0.489 e. The van der Waals surface area contributed by atoms with Gasteiger partial charge in [-0.15, -0.1) is 6.58 Å². The van der Waals surface area contributed by atoms with Crippen LogP contribution in [-0.2, 0) is 6.54 Å². The van der Waals surface area contributed by atoms with E-state index in [4.69, 9.17) is 4.74 Å². The predicted molar refractivity (Wildman–Crippen MR) is 98.3 cm³/mol. The first-order valence-electron chi connectivity index (χ1n) is 7.77. The maximum absolute atomic E-state index is 5.73. The Bertz CT molecular complexity index is 469. The third-order valence-electron chi connectivity index (χ3n) is 2.71. The summed E-state index contributed by atoms with van der Waals surface area (Å²) in [6, 6.07) is 8.10. The number of ether oxygens (including phenoxy) is 1. The average Bonchev–Trinajstić information content (AvgIpc) is 2.58. The van der Waals surface area contributed by atoms with Crippen molar-refractivity contribution in [2.75, 3.05) is 13.2 Å². The van der Waals surface area contributed by atoms with Gasteiger partial charge in [-0.3, -0.25) is 0 Å². The summed E-state index contributed by atoms with van der Waals surface area (Å²) in [4.78, 5) is 0. The van der Waals surface area contributed by atoms with Crippen molar-refractivity contribution in [1.29, 1.82) is 0 Å². The molecule has 1 N–H and O–H groups in total. The van der Waals surface area contributed by atoms with Gasteiger partial charge in [-0.05, 0) is 30.2 Å². The quantitative estimate of drug-likeness (QED) is 0.391. The van der Waals surface area contributed by atoms with Crippen molar-refractivity contribution in [1.82, 2.24) is 5.32 Å². The van der Waals surface area contributed by atoms with Gasteiger partial charge in [-0.1, -0.05) is 62.9 Å². The second kappa shape index (κ2) is 13.9. The molecule has 0 bridgehead atoms. The van der Waals surface area contributed by atoms with Gasteiger partial charge in [0.05, 0.1) is 0 Å². The average molecular weight is 299 g/mol. The number of benzene rings is 1. The second-order valence-corrected chi connectivity index (χ2v) is 4.32. The molecule has 120 valence electrons. The molecule has 0 heterocycles. The Balaban J connectivity index is 0.00000211. The zero-order valence-corrected chi connectivity index (χ0v) is 14.1. The molecule has 0 atom stereocenters. The fraction of sp³-hybridized carbons (Fsp3) is 0.300. The molecule has 0 saturated carbocycles. The van der Waals surface area contributed by atoms with Crippen LogP contribution in [0, 0.1) is 0 Å². The number of hydrogen-bond donors (Lipinski definition) is 1. The Hall–Kier alpha value is -2.06. The van der Waals surface area contributed by atoms with Crippen LogP contribution < -0.4 is 10.1 Å². The van der Waals surface area contributed by atoms with Gasteiger partial charge < -0.3 is 10.1 Å². The van der Waals surface area contributed by atoms with Crippen molar-refractivity contribution >= 4 is 0 Å². The minimum Gasteiger partial charge on any atom is -0.489 e. The zero-order chi connectivity index (χ0) is 16.6. The van der Waals surface area contributed by atoms with E-state index in [9.17, 15) is 0 Å². The third-order valence-corrected chi connectivity index (χ3v) is 2.71. The number of rotatable bonds is 9. The first kappa shape index (κ1) is 19.9. The smallest absolute Gasteiger partial charge is 0.119 e. The molecule has 2 heteroatoms. The lowest BCUT2D eigenvalue weighted by Gasteiger charge is -2.08. The second-order valence-electron chi connectivity index (χ2n) is 4.32. The summed E-state index contributed by atoms with van der Waals surface area (Å²) < 4.78 is 5.73. The molecule has 0 aliphatic carbocycles. The summed E-state index contributed by atoms with van der Waals surface area (Å²) >= 11 is 0. The van der Waals surface area contributed by atoms with E-state index >= 15 is 0 Å². The molecule has 0 aliphatic heterocycles. The van der Waals surface area contributed by atoms with E-state index in [1.165, 1.54) is 5.56 Å². The van der Waals surface area contributed by atoms with Crippen LogP contribution >= 0.6 is 0 Å².